The number of hydrogen-bond acceptors (Lipinski definition) is 5. The van der Waals surface area contributed by atoms with E-state index in [9.17, 15) is 19.8 Å². The fraction of sp³-hybridized carbons (Fsp3) is 0.680. The molecule has 33 heavy (non-hydrogen) atoms. The van der Waals surface area contributed by atoms with Crippen molar-refractivity contribution in [1.82, 2.24) is 3.53 Å². The van der Waals surface area contributed by atoms with Crippen LogP contribution in [0.2, 0.25) is 0 Å². The predicted octanol–water partition coefficient (Wildman–Crippen LogP) is 4.62. The Hall–Kier alpha value is -1.26. The summed E-state index contributed by atoms with van der Waals surface area (Å²) in [6, 6.07) is 2.00. The van der Waals surface area contributed by atoms with Crippen LogP contribution in [-0.2, 0) is 4.79 Å². The Morgan fingerprint density at radius 2 is 1.76 bits per heavy atom. The number of aliphatic hydroxyl groups excluding tert-OH is 1. The second-order valence-electron chi connectivity index (χ2n) is 11.0. The number of carboxylic acid groups (broad SMARTS) is 1. The number of Topliss-reactive ketones (excluding diaryl/α,β-unsaturated/α-hetero) is 1. The molecule has 0 heterocycles. The highest BCUT2D eigenvalue weighted by molar-refractivity contribution is 14.1. The molecule has 0 radical (unpaired) electrons. The number of nitrogens with one attached hydrogen (secondary N) is 1. The van der Waals surface area contributed by atoms with Crippen molar-refractivity contribution in [3.63, 3.8) is 0 Å². The van der Waals surface area contributed by atoms with Crippen molar-refractivity contribution in [3.05, 3.63) is 29.1 Å². The maximum Gasteiger partial charge on any atom is 0.324 e. The van der Waals surface area contributed by atoms with Gasteiger partial charge in [-0.25, -0.2) is 7.92 Å². The van der Waals surface area contributed by atoms with Gasteiger partial charge in [-0.05, 0) is 92.7 Å². The number of benzene rings is 1. The molecular weight excluding hydrogens is 540 g/mol. The normalized spacial score (nSPS) is 31.9. The smallest absolute Gasteiger partial charge is 0.324 e. The van der Waals surface area contributed by atoms with Gasteiger partial charge in [0.05, 0.1) is 18.3 Å². The van der Waals surface area contributed by atoms with Crippen LogP contribution in [-0.4, -0.2) is 40.7 Å². The average molecular weight is 571 g/mol. The quantitative estimate of drug-likeness (QED) is 0.216. The highest BCUT2D eigenvalue weighted by Gasteiger charge is 2.51. The number of halogens is 2. The van der Waals surface area contributed by atoms with E-state index in [4.69, 9.17) is 4.74 Å². The first-order valence-corrected chi connectivity index (χ1v) is 13.1. The van der Waals surface area contributed by atoms with Crippen LogP contribution in [0, 0.1) is 29.0 Å². The Balaban J connectivity index is 1.35. The van der Waals surface area contributed by atoms with E-state index < -0.39 is 36.1 Å². The van der Waals surface area contributed by atoms with Crippen LogP contribution in [0.3, 0.4) is 0 Å². The zero-order chi connectivity index (χ0) is 23.3. The van der Waals surface area contributed by atoms with Crippen LogP contribution in [0.25, 0.3) is 0 Å². The lowest BCUT2D eigenvalue weighted by Gasteiger charge is -2.56. The molecule has 1 aromatic rings. The van der Waals surface area contributed by atoms with E-state index in [0.29, 0.717) is 12.5 Å². The van der Waals surface area contributed by atoms with E-state index in [1.165, 1.54) is 19.3 Å². The number of rotatable bonds is 10. The van der Waals surface area contributed by atoms with Crippen LogP contribution < -0.4 is 8.27 Å². The number of aliphatic carboxylic acids is 1. The maximum absolute atomic E-state index is 15.5. The Labute approximate surface area is 207 Å². The Morgan fingerprint density at radius 3 is 2.27 bits per heavy atom. The van der Waals surface area contributed by atoms with Crippen molar-refractivity contribution in [1.29, 1.82) is 0 Å². The van der Waals surface area contributed by atoms with Gasteiger partial charge in [-0.3, -0.25) is 9.59 Å². The fourth-order valence-electron chi connectivity index (χ4n) is 6.98. The lowest BCUT2D eigenvalue weighted by Crippen LogP contribution is -2.48. The van der Waals surface area contributed by atoms with Crippen molar-refractivity contribution in [3.8, 4) is 5.75 Å². The second kappa shape index (κ2) is 9.07. The summed E-state index contributed by atoms with van der Waals surface area (Å²) in [7, 11) is 0. The number of carbonyl (C=O) groups is 2. The number of aliphatic hydroxyl groups is 1. The summed E-state index contributed by atoms with van der Waals surface area (Å²) in [5.74, 6) is 0.160. The summed E-state index contributed by atoms with van der Waals surface area (Å²) < 4.78 is 24.1. The molecule has 5 aliphatic carbocycles. The molecule has 5 aliphatic rings. The number of ketones is 1. The standard InChI is InChI=1S/C25H31FINO5/c26-22-18(19(29)8-20(30)23(28-27)24(31)32)6-17(16-1-2-16)7-21(22)33-12-25-9-13-3-14(10-25)5-15(4-13)11-25/h6-7,13-16,20,23,28,30H,1-5,8-12H2,(H,31,32). The molecule has 0 aromatic heterocycles. The van der Waals surface area contributed by atoms with Gasteiger partial charge in [-0.2, -0.15) is 0 Å². The number of carboxylic acids is 1. The molecule has 8 heteroatoms. The highest BCUT2D eigenvalue weighted by Crippen LogP contribution is 2.60. The lowest BCUT2D eigenvalue weighted by molar-refractivity contribution is -0.141. The second-order valence-corrected chi connectivity index (χ2v) is 11.6. The summed E-state index contributed by atoms with van der Waals surface area (Å²) in [6.45, 7) is 0.484. The first-order valence-electron chi connectivity index (χ1n) is 12.0. The third-order valence-electron chi connectivity index (χ3n) is 8.27. The molecule has 0 aliphatic heterocycles. The van der Waals surface area contributed by atoms with Crippen LogP contribution in [0.15, 0.2) is 12.1 Å². The molecular formula is C25H31FINO5. The number of hydrogen-bond donors (Lipinski definition) is 3. The van der Waals surface area contributed by atoms with Crippen molar-refractivity contribution in [2.75, 3.05) is 6.61 Å². The van der Waals surface area contributed by atoms with Gasteiger partial charge >= 0.3 is 5.97 Å². The molecule has 4 bridgehead atoms. The monoisotopic (exact) mass is 571 g/mol. The van der Waals surface area contributed by atoms with E-state index in [0.717, 1.165) is 55.4 Å². The van der Waals surface area contributed by atoms with Gasteiger partial charge in [0.25, 0.3) is 0 Å². The Bertz CT molecular complexity index is 914. The first-order chi connectivity index (χ1) is 15.8. The minimum absolute atomic E-state index is 0.114. The van der Waals surface area contributed by atoms with Crippen molar-refractivity contribution in [2.45, 2.75) is 75.9 Å². The average Bonchev–Trinajstić information content (AvgIpc) is 3.57. The number of ether oxygens (including phenoxy) is 1. The van der Waals surface area contributed by atoms with Gasteiger partial charge < -0.3 is 14.9 Å². The zero-order valence-electron chi connectivity index (χ0n) is 18.6. The van der Waals surface area contributed by atoms with E-state index in [2.05, 4.69) is 3.53 Å². The third kappa shape index (κ3) is 4.80. The molecule has 3 N–H and O–H groups in total. The van der Waals surface area contributed by atoms with Crippen molar-refractivity contribution >= 4 is 34.6 Å². The van der Waals surface area contributed by atoms with Crippen LogP contribution in [0.4, 0.5) is 4.39 Å². The Kier molecular flexibility index (Phi) is 6.46. The molecule has 0 amide bonds. The summed E-state index contributed by atoms with van der Waals surface area (Å²) in [5, 5.41) is 19.4. The first kappa shape index (κ1) is 23.5. The number of carbonyl (C=O) groups excluding carboxylic acids is 1. The van der Waals surface area contributed by atoms with Gasteiger partial charge in [-0.15, -0.1) is 0 Å². The van der Waals surface area contributed by atoms with Gasteiger partial charge in [-0.1, -0.05) is 0 Å². The molecule has 1 aromatic carbocycles. The SMILES string of the molecule is O=C(CC(O)C(NI)C(=O)O)c1cc(C2CC2)cc(OCC23CC4CC(CC(C4)C2)C3)c1F. The van der Waals surface area contributed by atoms with E-state index in [1.54, 1.807) is 35.0 Å². The third-order valence-corrected chi connectivity index (χ3v) is 8.94. The molecule has 5 fully saturated rings. The Morgan fingerprint density at radius 1 is 1.15 bits per heavy atom. The lowest BCUT2D eigenvalue weighted by atomic mass is 9.50. The molecule has 0 saturated heterocycles. The van der Waals surface area contributed by atoms with E-state index in [-0.39, 0.29) is 16.7 Å². The molecule has 0 spiro atoms. The summed E-state index contributed by atoms with van der Waals surface area (Å²) >= 11 is 1.63. The minimum Gasteiger partial charge on any atom is -0.490 e. The van der Waals surface area contributed by atoms with Crippen LogP contribution >= 0.6 is 22.9 Å². The summed E-state index contributed by atoms with van der Waals surface area (Å²) in [4.78, 5) is 24.2. The maximum atomic E-state index is 15.5. The minimum atomic E-state index is -1.47. The molecule has 2 unspecified atom stereocenters. The summed E-state index contributed by atoms with van der Waals surface area (Å²) in [5.41, 5.74) is 0.894. The molecule has 2 atom stereocenters. The predicted molar refractivity (Wildman–Crippen MR) is 128 cm³/mol. The largest absolute Gasteiger partial charge is 0.490 e. The molecule has 180 valence electrons. The highest BCUT2D eigenvalue weighted by atomic mass is 127. The molecule has 6 rings (SSSR count). The zero-order valence-corrected chi connectivity index (χ0v) is 20.7. The molecule has 6 nitrogen and oxygen atoms in total. The van der Waals surface area contributed by atoms with Crippen LogP contribution in [0.5, 0.6) is 5.75 Å². The topological polar surface area (TPSA) is 95.9 Å². The molecule has 5 saturated carbocycles. The fourth-order valence-corrected chi connectivity index (χ4v) is 7.66. The van der Waals surface area contributed by atoms with Crippen LogP contribution in [0.1, 0.15) is 79.6 Å². The summed E-state index contributed by atoms with van der Waals surface area (Å²) in [6.07, 6.45) is 7.49. The van der Waals surface area contributed by atoms with Crippen molar-refractivity contribution < 1.29 is 28.9 Å². The van der Waals surface area contributed by atoms with E-state index in [1.807, 2.05) is 0 Å². The van der Waals surface area contributed by atoms with E-state index >= 15 is 4.39 Å². The van der Waals surface area contributed by atoms with Gasteiger partial charge in [0, 0.05) is 34.7 Å². The van der Waals surface area contributed by atoms with Gasteiger partial charge in [0.2, 0.25) is 0 Å². The van der Waals surface area contributed by atoms with Gasteiger partial charge in [0.15, 0.2) is 17.3 Å². The van der Waals surface area contributed by atoms with Crippen molar-refractivity contribution in [2.24, 2.45) is 23.2 Å². The van der Waals surface area contributed by atoms with Gasteiger partial charge in [0.1, 0.15) is 6.04 Å².